The van der Waals surface area contributed by atoms with Crippen LogP contribution in [0.5, 0.6) is 0 Å². The summed E-state index contributed by atoms with van der Waals surface area (Å²) in [6.45, 7) is 10.6. The topological polar surface area (TPSA) is 68.0 Å². The number of benzene rings is 2. The lowest BCUT2D eigenvalue weighted by atomic mass is 9.87. The fraction of sp³-hybridized carbons (Fsp3) is 0.348. The summed E-state index contributed by atoms with van der Waals surface area (Å²) in [6.07, 6.45) is 0.867. The summed E-state index contributed by atoms with van der Waals surface area (Å²) in [5.74, 6) is 0.580. The van der Waals surface area contributed by atoms with Gasteiger partial charge in [-0.3, -0.25) is 4.79 Å². The van der Waals surface area contributed by atoms with Gasteiger partial charge in [-0.25, -0.2) is 0 Å². The van der Waals surface area contributed by atoms with E-state index < -0.39 is 0 Å². The summed E-state index contributed by atoms with van der Waals surface area (Å²) >= 11 is 1.24. The first-order valence-electron chi connectivity index (χ1n) is 9.73. The molecule has 0 bridgehead atoms. The molecule has 1 N–H and O–H groups in total. The quantitative estimate of drug-likeness (QED) is 0.534. The average Bonchev–Trinajstić information content (AvgIpc) is 3.16. The van der Waals surface area contributed by atoms with E-state index in [1.165, 1.54) is 17.3 Å². The molecule has 1 aromatic heterocycles. The Hall–Kier alpha value is -2.60. The smallest absolute Gasteiger partial charge is 0.277 e. The molecule has 3 aromatic rings. The second-order valence-electron chi connectivity index (χ2n) is 8.00. The average molecular weight is 410 g/mol. The number of hydrogen-bond donors (Lipinski definition) is 1. The van der Waals surface area contributed by atoms with Gasteiger partial charge in [0.15, 0.2) is 0 Å². The number of thioether (sulfide) groups is 1. The molecule has 0 radical (unpaired) electrons. The van der Waals surface area contributed by atoms with Crippen LogP contribution in [0.4, 0.5) is 5.69 Å². The fourth-order valence-electron chi connectivity index (χ4n) is 3.00. The summed E-state index contributed by atoms with van der Waals surface area (Å²) in [4.78, 5) is 12.4. The lowest BCUT2D eigenvalue weighted by Crippen LogP contribution is -2.16. The van der Waals surface area contributed by atoms with Crippen molar-refractivity contribution in [3.8, 4) is 11.5 Å². The molecule has 152 valence electrons. The van der Waals surface area contributed by atoms with Gasteiger partial charge in [0.25, 0.3) is 5.22 Å². The second kappa shape index (κ2) is 8.82. The lowest BCUT2D eigenvalue weighted by molar-refractivity contribution is -0.113. The maximum atomic E-state index is 12.4. The van der Waals surface area contributed by atoms with E-state index >= 15 is 0 Å². The maximum Gasteiger partial charge on any atom is 0.277 e. The molecular weight excluding hydrogens is 382 g/mol. The largest absolute Gasteiger partial charge is 0.411 e. The van der Waals surface area contributed by atoms with Crippen molar-refractivity contribution in [3.63, 3.8) is 0 Å². The summed E-state index contributed by atoms with van der Waals surface area (Å²) < 4.78 is 5.73. The number of carbonyl (C=O) groups excluding carboxylic acids is 1. The molecule has 0 saturated carbocycles. The number of hydrogen-bond acceptors (Lipinski definition) is 5. The first kappa shape index (κ1) is 21.1. The monoisotopic (exact) mass is 409 g/mol. The molecule has 5 nitrogen and oxygen atoms in total. The number of anilines is 1. The predicted molar refractivity (Wildman–Crippen MR) is 118 cm³/mol. The van der Waals surface area contributed by atoms with Gasteiger partial charge < -0.3 is 9.73 Å². The molecule has 0 aliphatic heterocycles. The van der Waals surface area contributed by atoms with Crippen LogP contribution in [0, 0.1) is 6.92 Å². The Bertz CT molecular complexity index is 988. The Balaban J connectivity index is 1.62. The molecule has 6 heteroatoms. The highest BCUT2D eigenvalue weighted by atomic mass is 32.2. The molecule has 1 amide bonds. The highest BCUT2D eigenvalue weighted by Crippen LogP contribution is 2.27. The molecular formula is C23H27N3O2S. The Morgan fingerprint density at radius 2 is 1.83 bits per heavy atom. The predicted octanol–water partition coefficient (Wildman–Crippen LogP) is 5.64. The molecule has 0 aliphatic rings. The highest BCUT2D eigenvalue weighted by Gasteiger charge is 2.16. The van der Waals surface area contributed by atoms with Crippen LogP contribution < -0.4 is 5.32 Å². The van der Waals surface area contributed by atoms with E-state index in [0.29, 0.717) is 11.1 Å². The van der Waals surface area contributed by atoms with Crippen LogP contribution in [-0.4, -0.2) is 21.9 Å². The normalized spacial score (nSPS) is 11.5. The number of rotatable bonds is 6. The van der Waals surface area contributed by atoms with E-state index in [1.54, 1.807) is 0 Å². The van der Waals surface area contributed by atoms with Crippen LogP contribution in [0.1, 0.15) is 44.4 Å². The Morgan fingerprint density at radius 1 is 1.10 bits per heavy atom. The van der Waals surface area contributed by atoms with Gasteiger partial charge >= 0.3 is 0 Å². The van der Waals surface area contributed by atoms with E-state index in [-0.39, 0.29) is 17.1 Å². The first-order chi connectivity index (χ1) is 13.8. The molecule has 29 heavy (non-hydrogen) atoms. The summed E-state index contributed by atoms with van der Waals surface area (Å²) in [5, 5.41) is 11.6. The van der Waals surface area contributed by atoms with Crippen LogP contribution >= 0.6 is 11.8 Å². The van der Waals surface area contributed by atoms with Crippen molar-refractivity contribution in [2.75, 3.05) is 11.1 Å². The summed E-state index contributed by atoms with van der Waals surface area (Å²) in [7, 11) is 0. The maximum absolute atomic E-state index is 12.4. The molecule has 1 heterocycles. The molecule has 2 aromatic carbocycles. The summed E-state index contributed by atoms with van der Waals surface area (Å²) in [5.41, 5.74) is 5.29. The molecule has 0 aliphatic carbocycles. The Labute approximate surface area is 176 Å². The third-order valence-electron chi connectivity index (χ3n) is 4.74. The van der Waals surface area contributed by atoms with Gasteiger partial charge in [0.2, 0.25) is 11.8 Å². The van der Waals surface area contributed by atoms with Crippen molar-refractivity contribution in [3.05, 3.63) is 59.2 Å². The van der Waals surface area contributed by atoms with E-state index in [0.717, 1.165) is 28.8 Å². The van der Waals surface area contributed by atoms with Gasteiger partial charge in [-0.2, -0.15) is 0 Å². The van der Waals surface area contributed by atoms with Crippen molar-refractivity contribution in [2.24, 2.45) is 0 Å². The molecule has 0 spiro atoms. The van der Waals surface area contributed by atoms with Crippen LogP contribution in [0.15, 0.2) is 52.1 Å². The number of para-hydroxylation sites is 1. The number of amides is 1. The molecule has 0 saturated heterocycles. The molecule has 0 atom stereocenters. The van der Waals surface area contributed by atoms with Gasteiger partial charge in [-0.15, -0.1) is 10.2 Å². The number of nitrogens with zero attached hydrogens (tertiary/aromatic N) is 2. The van der Waals surface area contributed by atoms with E-state index in [2.05, 4.69) is 55.3 Å². The summed E-state index contributed by atoms with van der Waals surface area (Å²) in [6, 6.07) is 14.2. The molecule has 3 rings (SSSR count). The standard InChI is InChI=1S/C23H27N3O2S/c1-6-16-9-7-8-15(2)20(16)24-19(27)14-29-22-26-25-21(28-22)17-10-12-18(13-11-17)23(3,4)5/h7-13H,6,14H2,1-5H3,(H,24,27). The van der Waals surface area contributed by atoms with Gasteiger partial charge in [0.1, 0.15) is 0 Å². The lowest BCUT2D eigenvalue weighted by Gasteiger charge is -2.18. The van der Waals surface area contributed by atoms with Crippen molar-refractivity contribution >= 4 is 23.4 Å². The van der Waals surface area contributed by atoms with Gasteiger partial charge in [0.05, 0.1) is 5.75 Å². The van der Waals surface area contributed by atoms with Crippen molar-refractivity contribution in [2.45, 2.75) is 51.7 Å². The van der Waals surface area contributed by atoms with Crippen molar-refractivity contribution in [1.82, 2.24) is 10.2 Å². The minimum absolute atomic E-state index is 0.0896. The molecule has 0 fully saturated rings. The number of aromatic nitrogens is 2. The van der Waals surface area contributed by atoms with Crippen LogP contribution in [0.2, 0.25) is 0 Å². The Morgan fingerprint density at radius 3 is 2.48 bits per heavy atom. The highest BCUT2D eigenvalue weighted by molar-refractivity contribution is 7.99. The van der Waals surface area contributed by atoms with E-state index in [1.807, 2.05) is 37.3 Å². The zero-order valence-electron chi connectivity index (χ0n) is 17.6. The minimum atomic E-state index is -0.0896. The third kappa shape index (κ3) is 5.26. The number of aryl methyl sites for hydroxylation is 2. The van der Waals surface area contributed by atoms with Gasteiger partial charge in [0, 0.05) is 11.3 Å². The van der Waals surface area contributed by atoms with Gasteiger partial charge in [-0.05, 0) is 47.6 Å². The zero-order chi connectivity index (χ0) is 21.0. The third-order valence-corrected chi connectivity index (χ3v) is 5.55. The zero-order valence-corrected chi connectivity index (χ0v) is 18.4. The first-order valence-corrected chi connectivity index (χ1v) is 10.7. The fourth-order valence-corrected chi connectivity index (χ4v) is 3.57. The van der Waals surface area contributed by atoms with Crippen LogP contribution in [-0.2, 0) is 16.6 Å². The van der Waals surface area contributed by atoms with Gasteiger partial charge in [-0.1, -0.05) is 69.8 Å². The SMILES string of the molecule is CCc1cccc(C)c1NC(=O)CSc1nnc(-c2ccc(C(C)(C)C)cc2)o1. The second-order valence-corrected chi connectivity index (χ2v) is 8.93. The van der Waals surface area contributed by atoms with Crippen molar-refractivity contribution in [1.29, 1.82) is 0 Å². The van der Waals surface area contributed by atoms with E-state index in [9.17, 15) is 4.79 Å². The van der Waals surface area contributed by atoms with Crippen LogP contribution in [0.25, 0.3) is 11.5 Å². The minimum Gasteiger partial charge on any atom is -0.411 e. The number of nitrogens with one attached hydrogen (secondary N) is 1. The van der Waals surface area contributed by atoms with E-state index in [4.69, 9.17) is 4.42 Å². The van der Waals surface area contributed by atoms with Crippen molar-refractivity contribution < 1.29 is 9.21 Å². The Kier molecular flexibility index (Phi) is 6.42. The molecule has 0 unspecified atom stereocenters. The van der Waals surface area contributed by atoms with Crippen LogP contribution in [0.3, 0.4) is 0 Å². The number of carbonyl (C=O) groups is 1.